The number of hydrogen-bond donors (Lipinski definition) is 1. The molecule has 7 nitrogen and oxygen atoms in total. The molecular formula is C17H21N3O4. The fourth-order valence-electron chi connectivity index (χ4n) is 3.07. The molecule has 2 aromatic rings. The van der Waals surface area contributed by atoms with E-state index in [4.69, 9.17) is 4.74 Å². The van der Waals surface area contributed by atoms with Crippen LogP contribution in [0.4, 0.5) is 0 Å². The molecule has 1 fully saturated rings. The summed E-state index contributed by atoms with van der Waals surface area (Å²) in [4.78, 5) is 40.6. The smallest absolute Gasteiger partial charge is 0.328 e. The molecule has 0 aliphatic carbocycles. The van der Waals surface area contributed by atoms with Gasteiger partial charge in [0.05, 0.1) is 29.7 Å². The first-order chi connectivity index (χ1) is 11.5. The van der Waals surface area contributed by atoms with Crippen molar-refractivity contribution in [3.8, 4) is 0 Å². The van der Waals surface area contributed by atoms with E-state index in [0.29, 0.717) is 24.1 Å². The minimum Gasteiger partial charge on any atom is -0.375 e. The number of carbonyl (C=O) groups is 1. The molecule has 128 valence electrons. The van der Waals surface area contributed by atoms with E-state index in [1.165, 1.54) is 4.57 Å². The minimum absolute atomic E-state index is 0.0140. The Hall–Kier alpha value is -2.41. The highest BCUT2D eigenvalue weighted by Crippen LogP contribution is 2.14. The average molecular weight is 331 g/mol. The van der Waals surface area contributed by atoms with Gasteiger partial charge in [0, 0.05) is 19.5 Å². The molecule has 2 atom stereocenters. The quantitative estimate of drug-likeness (QED) is 0.898. The molecule has 1 amide bonds. The highest BCUT2D eigenvalue weighted by atomic mass is 16.5. The zero-order valence-electron chi connectivity index (χ0n) is 13.8. The van der Waals surface area contributed by atoms with E-state index in [0.717, 1.165) is 0 Å². The lowest BCUT2D eigenvalue weighted by Gasteiger charge is -2.37. The first-order valence-corrected chi connectivity index (χ1v) is 8.10. The molecule has 2 unspecified atom stereocenters. The molecule has 2 heterocycles. The van der Waals surface area contributed by atoms with E-state index in [-0.39, 0.29) is 31.0 Å². The van der Waals surface area contributed by atoms with Gasteiger partial charge in [0.25, 0.3) is 5.56 Å². The van der Waals surface area contributed by atoms with Gasteiger partial charge in [-0.3, -0.25) is 19.1 Å². The summed E-state index contributed by atoms with van der Waals surface area (Å²) >= 11 is 0. The third kappa shape index (κ3) is 3.12. The van der Waals surface area contributed by atoms with Crippen LogP contribution in [-0.4, -0.2) is 45.7 Å². The number of morpholine rings is 1. The fraction of sp³-hybridized carbons (Fsp3) is 0.471. The van der Waals surface area contributed by atoms with Crippen molar-refractivity contribution in [3.05, 3.63) is 45.1 Å². The van der Waals surface area contributed by atoms with Crippen LogP contribution < -0.4 is 11.2 Å². The zero-order chi connectivity index (χ0) is 17.3. The molecule has 1 saturated heterocycles. The monoisotopic (exact) mass is 331 g/mol. The highest BCUT2D eigenvalue weighted by Gasteiger charge is 2.27. The molecule has 1 aromatic carbocycles. The van der Waals surface area contributed by atoms with Gasteiger partial charge in [-0.2, -0.15) is 0 Å². The van der Waals surface area contributed by atoms with Crippen molar-refractivity contribution in [2.45, 2.75) is 39.0 Å². The van der Waals surface area contributed by atoms with Crippen molar-refractivity contribution in [3.63, 3.8) is 0 Å². The third-order valence-electron chi connectivity index (χ3n) is 4.38. The van der Waals surface area contributed by atoms with Crippen molar-refractivity contribution in [1.29, 1.82) is 0 Å². The normalized spacial score (nSPS) is 21.2. The van der Waals surface area contributed by atoms with Crippen LogP contribution in [0.3, 0.4) is 0 Å². The maximum absolute atomic E-state index is 12.5. The van der Waals surface area contributed by atoms with Gasteiger partial charge >= 0.3 is 5.69 Å². The number of amides is 1. The van der Waals surface area contributed by atoms with E-state index < -0.39 is 11.2 Å². The molecule has 1 aromatic heterocycles. The Kier molecular flexibility index (Phi) is 4.53. The Labute approximate surface area is 138 Å². The lowest BCUT2D eigenvalue weighted by molar-refractivity contribution is -0.143. The van der Waals surface area contributed by atoms with Crippen molar-refractivity contribution in [2.24, 2.45) is 0 Å². The summed E-state index contributed by atoms with van der Waals surface area (Å²) in [6.45, 7) is 5.20. The van der Waals surface area contributed by atoms with Gasteiger partial charge in [-0.05, 0) is 26.0 Å². The third-order valence-corrected chi connectivity index (χ3v) is 4.38. The number of benzene rings is 1. The number of carbonyl (C=O) groups excluding carboxylic acids is 1. The van der Waals surface area contributed by atoms with Crippen LogP contribution in [0.5, 0.6) is 0 Å². The predicted molar refractivity (Wildman–Crippen MR) is 90.0 cm³/mol. The standard InChI is InChI=1S/C17H21N3O4/c1-11-10-24-12(2)9-20(11)15(21)7-8-19-14-6-4-3-5-13(14)16(22)18-17(19)23/h3-6,11-12H,7-10H2,1-2H3,(H,18,22,23). The summed E-state index contributed by atoms with van der Waals surface area (Å²) in [5, 5.41) is 0.443. The fourth-order valence-corrected chi connectivity index (χ4v) is 3.07. The molecule has 1 aliphatic rings. The Morgan fingerprint density at radius 3 is 2.83 bits per heavy atom. The molecule has 1 aliphatic heterocycles. The number of nitrogens with zero attached hydrogens (tertiary/aromatic N) is 2. The summed E-state index contributed by atoms with van der Waals surface area (Å²) in [6, 6.07) is 6.92. The lowest BCUT2D eigenvalue weighted by Crippen LogP contribution is -2.50. The Bertz CT molecular complexity index is 870. The van der Waals surface area contributed by atoms with Crippen LogP contribution in [0.25, 0.3) is 10.9 Å². The van der Waals surface area contributed by atoms with E-state index in [2.05, 4.69) is 4.98 Å². The van der Waals surface area contributed by atoms with Crippen molar-refractivity contribution in [2.75, 3.05) is 13.2 Å². The van der Waals surface area contributed by atoms with Crippen LogP contribution >= 0.6 is 0 Å². The van der Waals surface area contributed by atoms with E-state index in [9.17, 15) is 14.4 Å². The van der Waals surface area contributed by atoms with Crippen LogP contribution in [-0.2, 0) is 16.1 Å². The van der Waals surface area contributed by atoms with Crippen molar-refractivity contribution in [1.82, 2.24) is 14.5 Å². The number of fused-ring (bicyclic) bond motifs is 1. The Morgan fingerprint density at radius 2 is 2.04 bits per heavy atom. The second-order valence-electron chi connectivity index (χ2n) is 6.22. The van der Waals surface area contributed by atoms with E-state index in [1.807, 2.05) is 13.8 Å². The summed E-state index contributed by atoms with van der Waals surface area (Å²) in [5.74, 6) is -0.0140. The van der Waals surface area contributed by atoms with Crippen LogP contribution in [0.2, 0.25) is 0 Å². The molecule has 1 N–H and O–H groups in total. The number of para-hydroxylation sites is 1. The number of nitrogens with one attached hydrogen (secondary N) is 1. The summed E-state index contributed by atoms with van der Waals surface area (Å²) in [6.07, 6.45) is 0.217. The highest BCUT2D eigenvalue weighted by molar-refractivity contribution is 5.79. The predicted octanol–water partition coefficient (Wildman–Crippen LogP) is 0.716. The first kappa shape index (κ1) is 16.4. The molecule has 7 heteroatoms. The van der Waals surface area contributed by atoms with Gasteiger partial charge in [-0.1, -0.05) is 12.1 Å². The van der Waals surface area contributed by atoms with Crippen LogP contribution in [0.15, 0.2) is 33.9 Å². The molecule has 0 radical (unpaired) electrons. The lowest BCUT2D eigenvalue weighted by atomic mass is 10.2. The van der Waals surface area contributed by atoms with Gasteiger partial charge in [0.1, 0.15) is 0 Å². The minimum atomic E-state index is -0.491. The van der Waals surface area contributed by atoms with Gasteiger partial charge in [-0.15, -0.1) is 0 Å². The van der Waals surface area contributed by atoms with Crippen LogP contribution in [0, 0.1) is 0 Å². The topological polar surface area (TPSA) is 84.4 Å². The van der Waals surface area contributed by atoms with Crippen LogP contribution in [0.1, 0.15) is 20.3 Å². The second kappa shape index (κ2) is 6.60. The summed E-state index contributed by atoms with van der Waals surface area (Å²) < 4.78 is 6.98. The number of aromatic nitrogens is 2. The number of H-pyrrole nitrogens is 1. The maximum Gasteiger partial charge on any atom is 0.328 e. The zero-order valence-corrected chi connectivity index (χ0v) is 13.8. The van der Waals surface area contributed by atoms with Gasteiger partial charge in [-0.25, -0.2) is 4.79 Å². The average Bonchev–Trinajstić information content (AvgIpc) is 2.56. The van der Waals surface area contributed by atoms with E-state index in [1.54, 1.807) is 29.2 Å². The number of aromatic amines is 1. The largest absolute Gasteiger partial charge is 0.375 e. The second-order valence-corrected chi connectivity index (χ2v) is 6.22. The number of rotatable bonds is 3. The Morgan fingerprint density at radius 1 is 1.29 bits per heavy atom. The number of hydrogen-bond acceptors (Lipinski definition) is 4. The van der Waals surface area contributed by atoms with Crippen molar-refractivity contribution >= 4 is 16.8 Å². The number of aryl methyl sites for hydroxylation is 1. The molecular weight excluding hydrogens is 310 g/mol. The summed E-state index contributed by atoms with van der Waals surface area (Å²) in [5.41, 5.74) is -0.355. The van der Waals surface area contributed by atoms with Gasteiger partial charge < -0.3 is 9.64 Å². The van der Waals surface area contributed by atoms with Gasteiger partial charge in [0.15, 0.2) is 0 Å². The number of ether oxygens (including phenoxy) is 1. The molecule has 0 bridgehead atoms. The van der Waals surface area contributed by atoms with Crippen molar-refractivity contribution < 1.29 is 9.53 Å². The SMILES string of the molecule is CC1CN(C(=O)CCn2c(=O)[nH]c(=O)c3ccccc32)C(C)CO1. The first-order valence-electron chi connectivity index (χ1n) is 8.10. The molecule has 24 heavy (non-hydrogen) atoms. The molecule has 0 saturated carbocycles. The Balaban J connectivity index is 1.82. The van der Waals surface area contributed by atoms with Gasteiger partial charge in [0.2, 0.25) is 5.91 Å². The molecule has 3 rings (SSSR count). The summed E-state index contributed by atoms with van der Waals surface area (Å²) in [7, 11) is 0. The van der Waals surface area contributed by atoms with E-state index >= 15 is 0 Å². The molecule has 0 spiro atoms. The maximum atomic E-state index is 12.5.